The van der Waals surface area contributed by atoms with Crippen LogP contribution in [0, 0.1) is 5.92 Å². The molecule has 2 heterocycles. The van der Waals surface area contributed by atoms with Gasteiger partial charge in [0.25, 0.3) is 0 Å². The monoisotopic (exact) mass is 270 g/mol. The Hall–Kier alpha value is -0.650. The van der Waals surface area contributed by atoms with Crippen LogP contribution in [-0.4, -0.2) is 62.4 Å². The van der Waals surface area contributed by atoms with Crippen LogP contribution in [0.15, 0.2) is 0 Å². The predicted molar refractivity (Wildman–Crippen MR) is 73.0 cm³/mol. The highest BCUT2D eigenvalue weighted by Gasteiger charge is 2.28. The summed E-state index contributed by atoms with van der Waals surface area (Å²) in [7, 11) is 0. The van der Waals surface area contributed by atoms with Crippen LogP contribution in [-0.2, 0) is 14.3 Å². The first kappa shape index (κ1) is 14.8. The maximum atomic E-state index is 12.2. The van der Waals surface area contributed by atoms with E-state index in [1.807, 2.05) is 11.8 Å². The van der Waals surface area contributed by atoms with Crippen LogP contribution < -0.4 is 5.32 Å². The van der Waals surface area contributed by atoms with Crippen LogP contribution in [0.1, 0.15) is 26.7 Å². The lowest BCUT2D eigenvalue weighted by atomic mass is 9.99. The SMILES string of the molecule is CCC1OCCC1CNC(C)C(=O)N1CCOCC1. The molecule has 5 heteroatoms. The Morgan fingerprint density at radius 2 is 2.11 bits per heavy atom. The quantitative estimate of drug-likeness (QED) is 0.796. The average Bonchev–Trinajstić information content (AvgIpc) is 2.92. The number of hydrogen-bond acceptors (Lipinski definition) is 4. The number of nitrogens with zero attached hydrogens (tertiary/aromatic N) is 1. The van der Waals surface area contributed by atoms with Gasteiger partial charge in [0, 0.05) is 26.2 Å². The van der Waals surface area contributed by atoms with Gasteiger partial charge in [0.2, 0.25) is 5.91 Å². The second-order valence-corrected chi connectivity index (χ2v) is 5.43. The highest BCUT2D eigenvalue weighted by molar-refractivity contribution is 5.81. The summed E-state index contributed by atoms with van der Waals surface area (Å²) in [6.07, 6.45) is 2.51. The van der Waals surface area contributed by atoms with E-state index in [0.29, 0.717) is 25.2 Å². The number of nitrogens with one attached hydrogen (secondary N) is 1. The molecule has 3 atom stereocenters. The second-order valence-electron chi connectivity index (χ2n) is 5.43. The van der Waals surface area contributed by atoms with E-state index >= 15 is 0 Å². The van der Waals surface area contributed by atoms with Crippen molar-refractivity contribution < 1.29 is 14.3 Å². The maximum absolute atomic E-state index is 12.2. The third-order valence-corrected chi connectivity index (χ3v) is 4.13. The average molecular weight is 270 g/mol. The van der Waals surface area contributed by atoms with Crippen molar-refractivity contribution in [2.45, 2.75) is 38.8 Å². The molecule has 2 rings (SSSR count). The summed E-state index contributed by atoms with van der Waals surface area (Å²) in [5, 5.41) is 3.37. The molecule has 0 saturated carbocycles. The van der Waals surface area contributed by atoms with Crippen LogP contribution >= 0.6 is 0 Å². The molecule has 2 aliphatic rings. The van der Waals surface area contributed by atoms with Crippen molar-refractivity contribution in [1.29, 1.82) is 0 Å². The van der Waals surface area contributed by atoms with Gasteiger partial charge >= 0.3 is 0 Å². The highest BCUT2D eigenvalue weighted by Crippen LogP contribution is 2.22. The van der Waals surface area contributed by atoms with Gasteiger partial charge in [-0.2, -0.15) is 0 Å². The molecule has 0 bridgehead atoms. The summed E-state index contributed by atoms with van der Waals surface area (Å²) < 4.78 is 10.9. The first-order valence-electron chi connectivity index (χ1n) is 7.44. The van der Waals surface area contributed by atoms with E-state index in [1.165, 1.54) is 0 Å². The van der Waals surface area contributed by atoms with E-state index in [-0.39, 0.29) is 11.9 Å². The molecule has 2 saturated heterocycles. The molecule has 2 aliphatic heterocycles. The number of morpholine rings is 1. The van der Waals surface area contributed by atoms with Crippen molar-refractivity contribution in [2.75, 3.05) is 39.5 Å². The molecule has 0 radical (unpaired) electrons. The summed E-state index contributed by atoms with van der Waals surface area (Å²) >= 11 is 0. The molecule has 1 N–H and O–H groups in total. The minimum absolute atomic E-state index is 0.115. The van der Waals surface area contributed by atoms with Crippen molar-refractivity contribution >= 4 is 5.91 Å². The second kappa shape index (κ2) is 7.22. The zero-order chi connectivity index (χ0) is 13.7. The number of carbonyl (C=O) groups excluding carboxylic acids is 1. The van der Waals surface area contributed by atoms with Gasteiger partial charge in [-0.25, -0.2) is 0 Å². The van der Waals surface area contributed by atoms with E-state index in [4.69, 9.17) is 9.47 Å². The third kappa shape index (κ3) is 3.91. The van der Waals surface area contributed by atoms with Gasteiger partial charge < -0.3 is 19.7 Å². The molecular weight excluding hydrogens is 244 g/mol. The highest BCUT2D eigenvalue weighted by atomic mass is 16.5. The number of amides is 1. The van der Waals surface area contributed by atoms with Crippen molar-refractivity contribution in [2.24, 2.45) is 5.92 Å². The number of hydrogen-bond donors (Lipinski definition) is 1. The van der Waals surface area contributed by atoms with Crippen LogP contribution in [0.25, 0.3) is 0 Å². The maximum Gasteiger partial charge on any atom is 0.239 e. The van der Waals surface area contributed by atoms with Gasteiger partial charge in [-0.1, -0.05) is 6.92 Å². The number of ether oxygens (including phenoxy) is 2. The summed E-state index contributed by atoms with van der Waals surface area (Å²) in [6.45, 7) is 8.59. The van der Waals surface area contributed by atoms with Gasteiger partial charge in [-0.15, -0.1) is 0 Å². The fourth-order valence-corrected chi connectivity index (χ4v) is 2.85. The van der Waals surface area contributed by atoms with E-state index in [1.54, 1.807) is 0 Å². The molecule has 0 aromatic heterocycles. The molecule has 5 nitrogen and oxygen atoms in total. The molecule has 0 aromatic rings. The first-order chi connectivity index (χ1) is 9.22. The zero-order valence-corrected chi connectivity index (χ0v) is 12.1. The zero-order valence-electron chi connectivity index (χ0n) is 12.1. The van der Waals surface area contributed by atoms with Crippen molar-refractivity contribution in [3.63, 3.8) is 0 Å². The Morgan fingerprint density at radius 3 is 2.79 bits per heavy atom. The van der Waals surface area contributed by atoms with Gasteiger partial charge in [-0.05, 0) is 25.7 Å². The molecule has 0 aromatic carbocycles. The van der Waals surface area contributed by atoms with E-state index < -0.39 is 0 Å². The van der Waals surface area contributed by atoms with Crippen LogP contribution in [0.5, 0.6) is 0 Å². The third-order valence-electron chi connectivity index (χ3n) is 4.13. The lowest BCUT2D eigenvalue weighted by Gasteiger charge is -2.30. The van der Waals surface area contributed by atoms with Gasteiger partial charge in [0.15, 0.2) is 0 Å². The summed E-state index contributed by atoms with van der Waals surface area (Å²) in [6, 6.07) is -0.115. The Balaban J connectivity index is 1.73. The van der Waals surface area contributed by atoms with Gasteiger partial charge in [-0.3, -0.25) is 4.79 Å². The molecular formula is C14H26N2O3. The lowest BCUT2D eigenvalue weighted by molar-refractivity contribution is -0.137. The molecule has 110 valence electrons. The van der Waals surface area contributed by atoms with Crippen LogP contribution in [0.4, 0.5) is 0 Å². The first-order valence-corrected chi connectivity index (χ1v) is 7.44. The van der Waals surface area contributed by atoms with Crippen molar-refractivity contribution in [3.05, 3.63) is 0 Å². The molecule has 0 spiro atoms. The number of carbonyl (C=O) groups is 1. The Kier molecular flexibility index (Phi) is 5.60. The predicted octanol–water partition coefficient (Wildman–Crippen LogP) is 0.638. The lowest BCUT2D eigenvalue weighted by Crippen LogP contribution is -2.50. The summed E-state index contributed by atoms with van der Waals surface area (Å²) in [5.41, 5.74) is 0. The summed E-state index contributed by atoms with van der Waals surface area (Å²) in [4.78, 5) is 14.1. The standard InChI is InChI=1S/C14H26N2O3/c1-3-13-12(4-7-19-13)10-15-11(2)14(17)16-5-8-18-9-6-16/h11-13,15H,3-10H2,1-2H3. The molecule has 19 heavy (non-hydrogen) atoms. The molecule has 3 unspecified atom stereocenters. The van der Waals surface area contributed by atoms with Gasteiger partial charge in [0.1, 0.15) is 0 Å². The van der Waals surface area contributed by atoms with Crippen molar-refractivity contribution in [3.8, 4) is 0 Å². The van der Waals surface area contributed by atoms with Crippen molar-refractivity contribution in [1.82, 2.24) is 10.2 Å². The minimum atomic E-state index is -0.115. The van der Waals surface area contributed by atoms with Gasteiger partial charge in [0.05, 0.1) is 25.4 Å². The van der Waals surface area contributed by atoms with E-state index in [2.05, 4.69) is 12.2 Å². The molecule has 1 amide bonds. The topological polar surface area (TPSA) is 50.8 Å². The molecule has 0 aliphatic carbocycles. The Bertz CT molecular complexity index is 292. The Morgan fingerprint density at radius 1 is 1.37 bits per heavy atom. The Labute approximate surface area is 115 Å². The smallest absolute Gasteiger partial charge is 0.239 e. The number of rotatable bonds is 5. The largest absolute Gasteiger partial charge is 0.378 e. The fraction of sp³-hybridized carbons (Fsp3) is 0.929. The van der Waals surface area contributed by atoms with E-state index in [9.17, 15) is 4.79 Å². The summed E-state index contributed by atoms with van der Waals surface area (Å²) in [5.74, 6) is 0.736. The molecule has 2 fully saturated rings. The fourth-order valence-electron chi connectivity index (χ4n) is 2.85. The van der Waals surface area contributed by atoms with Crippen LogP contribution in [0.3, 0.4) is 0 Å². The minimum Gasteiger partial charge on any atom is -0.378 e. The van der Waals surface area contributed by atoms with E-state index in [0.717, 1.165) is 39.1 Å². The van der Waals surface area contributed by atoms with Crippen LogP contribution in [0.2, 0.25) is 0 Å². The normalized spacial score (nSPS) is 29.5.